The molecule has 0 saturated heterocycles. The van der Waals surface area contributed by atoms with E-state index >= 15 is 0 Å². The lowest BCUT2D eigenvalue weighted by Gasteiger charge is -2.07. The predicted molar refractivity (Wildman–Crippen MR) is 80.5 cm³/mol. The second-order valence-corrected chi connectivity index (χ2v) is 4.96. The van der Waals surface area contributed by atoms with E-state index in [0.29, 0.717) is 0 Å². The largest absolute Gasteiger partial charge is 0.365 e. The highest BCUT2D eigenvalue weighted by atomic mass is 15.0. The number of fused-ring (bicyclic) bond motifs is 1. The fourth-order valence-electron chi connectivity index (χ4n) is 2.75. The second kappa shape index (κ2) is 5.26. The van der Waals surface area contributed by atoms with Gasteiger partial charge in [0.05, 0.1) is 11.6 Å². The van der Waals surface area contributed by atoms with E-state index in [1.807, 2.05) is 30.5 Å². The second-order valence-electron chi connectivity index (χ2n) is 4.96. The van der Waals surface area contributed by atoms with Crippen LogP contribution in [-0.4, -0.2) is 9.55 Å². The molecule has 0 atom stereocenters. The van der Waals surface area contributed by atoms with Gasteiger partial charge in [-0.2, -0.15) is 5.26 Å². The minimum absolute atomic E-state index is 0.723. The monoisotopic (exact) mass is 263 g/mol. The zero-order valence-corrected chi connectivity index (χ0v) is 11.6. The van der Waals surface area contributed by atoms with Crippen LogP contribution >= 0.6 is 0 Å². The van der Waals surface area contributed by atoms with Crippen LogP contribution in [-0.2, 0) is 19.4 Å². The standard InChI is InChI=1S/C17H17N3/c1-2-20-16(8-7-15-4-3-9-19-15)11-14-6-5-13(12-18)10-17(14)20/h3-6,9-11,19H,2,7-8H2,1H3. The lowest BCUT2D eigenvalue weighted by molar-refractivity contribution is 0.725. The highest BCUT2D eigenvalue weighted by Crippen LogP contribution is 2.22. The molecule has 3 nitrogen and oxygen atoms in total. The maximum atomic E-state index is 9.03. The van der Waals surface area contributed by atoms with Crippen LogP contribution in [0.1, 0.15) is 23.9 Å². The van der Waals surface area contributed by atoms with E-state index in [1.165, 1.54) is 16.8 Å². The number of rotatable bonds is 4. The summed E-state index contributed by atoms with van der Waals surface area (Å²) < 4.78 is 2.30. The number of nitrogens with one attached hydrogen (secondary N) is 1. The molecule has 3 rings (SSSR count). The average molecular weight is 263 g/mol. The number of nitriles is 1. The number of aromatic nitrogens is 2. The molecule has 0 saturated carbocycles. The number of aryl methyl sites for hydroxylation is 3. The smallest absolute Gasteiger partial charge is 0.0992 e. The van der Waals surface area contributed by atoms with Crippen molar-refractivity contribution in [2.75, 3.05) is 0 Å². The Labute approximate surface area is 118 Å². The predicted octanol–water partition coefficient (Wildman–Crippen LogP) is 3.65. The Morgan fingerprint density at radius 2 is 2.10 bits per heavy atom. The summed E-state index contributed by atoms with van der Waals surface area (Å²) in [5, 5.41) is 10.2. The average Bonchev–Trinajstić information content (AvgIpc) is 3.11. The van der Waals surface area contributed by atoms with Gasteiger partial charge in [0.15, 0.2) is 0 Å². The molecule has 1 N–H and O–H groups in total. The molecular weight excluding hydrogens is 246 g/mol. The van der Waals surface area contributed by atoms with Crippen LogP contribution in [0.2, 0.25) is 0 Å². The normalized spacial score (nSPS) is 10.8. The van der Waals surface area contributed by atoms with Crippen molar-refractivity contribution in [3.8, 4) is 6.07 Å². The van der Waals surface area contributed by atoms with E-state index in [9.17, 15) is 0 Å². The fraction of sp³-hybridized carbons (Fsp3) is 0.235. The van der Waals surface area contributed by atoms with Gasteiger partial charge in [-0.05, 0) is 55.5 Å². The summed E-state index contributed by atoms with van der Waals surface area (Å²) in [4.78, 5) is 3.24. The molecule has 100 valence electrons. The topological polar surface area (TPSA) is 44.5 Å². The number of nitrogens with zero attached hydrogens (tertiary/aromatic N) is 2. The summed E-state index contributed by atoms with van der Waals surface area (Å²) >= 11 is 0. The van der Waals surface area contributed by atoms with Gasteiger partial charge in [-0.1, -0.05) is 6.07 Å². The third-order valence-electron chi connectivity index (χ3n) is 3.75. The SMILES string of the molecule is CCn1c(CCc2ccc[nH]2)cc2ccc(C#N)cc21. The van der Waals surface area contributed by atoms with Gasteiger partial charge >= 0.3 is 0 Å². The molecule has 0 aliphatic heterocycles. The van der Waals surface area contributed by atoms with Gasteiger partial charge in [-0.15, -0.1) is 0 Å². The van der Waals surface area contributed by atoms with Crippen molar-refractivity contribution < 1.29 is 0 Å². The van der Waals surface area contributed by atoms with Crippen LogP contribution in [0.5, 0.6) is 0 Å². The van der Waals surface area contributed by atoms with Crippen molar-refractivity contribution in [3.63, 3.8) is 0 Å². The fourth-order valence-corrected chi connectivity index (χ4v) is 2.75. The van der Waals surface area contributed by atoms with Crippen LogP contribution in [0.3, 0.4) is 0 Å². The summed E-state index contributed by atoms with van der Waals surface area (Å²) in [5.41, 5.74) is 4.47. The third kappa shape index (κ3) is 2.21. The van der Waals surface area contributed by atoms with Gasteiger partial charge < -0.3 is 9.55 Å². The molecule has 3 heteroatoms. The summed E-state index contributed by atoms with van der Waals surface area (Å²) in [5.74, 6) is 0. The molecule has 0 unspecified atom stereocenters. The summed E-state index contributed by atoms with van der Waals surface area (Å²) in [7, 11) is 0. The number of benzene rings is 1. The Balaban J connectivity index is 1.96. The molecule has 0 spiro atoms. The van der Waals surface area contributed by atoms with E-state index in [2.05, 4.69) is 34.7 Å². The van der Waals surface area contributed by atoms with Crippen molar-refractivity contribution in [2.45, 2.75) is 26.3 Å². The van der Waals surface area contributed by atoms with Crippen LogP contribution in [0.15, 0.2) is 42.6 Å². The first kappa shape index (κ1) is 12.6. The van der Waals surface area contributed by atoms with Crippen LogP contribution in [0.25, 0.3) is 10.9 Å². The molecule has 20 heavy (non-hydrogen) atoms. The number of H-pyrrole nitrogens is 1. The van der Waals surface area contributed by atoms with Crippen molar-refractivity contribution in [1.82, 2.24) is 9.55 Å². The van der Waals surface area contributed by atoms with Gasteiger partial charge in [-0.3, -0.25) is 0 Å². The van der Waals surface area contributed by atoms with Crippen molar-refractivity contribution in [2.24, 2.45) is 0 Å². The Bertz CT molecular complexity index is 757. The molecule has 0 aliphatic rings. The first-order valence-corrected chi connectivity index (χ1v) is 6.96. The highest BCUT2D eigenvalue weighted by Gasteiger charge is 2.08. The zero-order valence-electron chi connectivity index (χ0n) is 11.6. The molecule has 0 radical (unpaired) electrons. The van der Waals surface area contributed by atoms with Crippen molar-refractivity contribution in [1.29, 1.82) is 5.26 Å². The Morgan fingerprint density at radius 3 is 2.80 bits per heavy atom. The van der Waals surface area contributed by atoms with Gasteiger partial charge in [0.25, 0.3) is 0 Å². The van der Waals surface area contributed by atoms with Crippen molar-refractivity contribution in [3.05, 3.63) is 59.5 Å². The molecule has 0 amide bonds. The Hall–Kier alpha value is -2.47. The molecule has 0 fully saturated rings. The highest BCUT2D eigenvalue weighted by molar-refractivity contribution is 5.82. The zero-order chi connectivity index (χ0) is 13.9. The molecule has 0 aliphatic carbocycles. The Morgan fingerprint density at radius 1 is 1.20 bits per heavy atom. The van der Waals surface area contributed by atoms with E-state index in [-0.39, 0.29) is 0 Å². The van der Waals surface area contributed by atoms with Gasteiger partial charge in [-0.25, -0.2) is 0 Å². The van der Waals surface area contributed by atoms with Crippen molar-refractivity contribution >= 4 is 10.9 Å². The maximum absolute atomic E-state index is 9.03. The minimum atomic E-state index is 0.723. The van der Waals surface area contributed by atoms with Gasteiger partial charge in [0, 0.05) is 29.6 Å². The minimum Gasteiger partial charge on any atom is -0.365 e. The molecule has 2 aromatic heterocycles. The summed E-state index contributed by atoms with van der Waals surface area (Å²) in [6.07, 6.45) is 3.98. The summed E-state index contributed by atoms with van der Waals surface area (Å²) in [6.45, 7) is 3.08. The molecule has 1 aromatic carbocycles. The molecule has 0 bridgehead atoms. The van der Waals surface area contributed by atoms with E-state index < -0.39 is 0 Å². The third-order valence-corrected chi connectivity index (χ3v) is 3.75. The lowest BCUT2D eigenvalue weighted by atomic mass is 10.1. The lowest BCUT2D eigenvalue weighted by Crippen LogP contribution is -2.02. The summed E-state index contributed by atoms with van der Waals surface area (Å²) in [6, 6.07) is 14.5. The van der Waals surface area contributed by atoms with Crippen LogP contribution in [0, 0.1) is 11.3 Å². The van der Waals surface area contributed by atoms with E-state index in [4.69, 9.17) is 5.26 Å². The maximum Gasteiger partial charge on any atom is 0.0992 e. The van der Waals surface area contributed by atoms with E-state index in [0.717, 1.165) is 30.5 Å². The molecular formula is C17H17N3. The van der Waals surface area contributed by atoms with E-state index in [1.54, 1.807) is 0 Å². The number of hydrogen-bond acceptors (Lipinski definition) is 1. The van der Waals surface area contributed by atoms with Crippen LogP contribution < -0.4 is 0 Å². The quantitative estimate of drug-likeness (QED) is 0.767. The number of aromatic amines is 1. The van der Waals surface area contributed by atoms with Gasteiger partial charge in [0.2, 0.25) is 0 Å². The number of hydrogen-bond donors (Lipinski definition) is 1. The molecule has 2 heterocycles. The first-order chi connectivity index (χ1) is 9.81. The van der Waals surface area contributed by atoms with Crippen LogP contribution in [0.4, 0.5) is 0 Å². The molecule has 3 aromatic rings. The Kier molecular flexibility index (Phi) is 3.30. The first-order valence-electron chi connectivity index (χ1n) is 6.96. The van der Waals surface area contributed by atoms with Gasteiger partial charge in [0.1, 0.15) is 0 Å².